The molecule has 0 unspecified atom stereocenters. The van der Waals surface area contributed by atoms with Crippen molar-refractivity contribution in [3.63, 3.8) is 0 Å². The fraction of sp³-hybridized carbons (Fsp3) is 0.533. The molecule has 0 aliphatic heterocycles. The van der Waals surface area contributed by atoms with Gasteiger partial charge < -0.3 is 14.7 Å². The van der Waals surface area contributed by atoms with Crippen molar-refractivity contribution < 1.29 is 19.4 Å². The average Bonchev–Trinajstić information content (AvgIpc) is 3.03. The molecule has 2 heterocycles. The fourth-order valence-corrected chi connectivity index (χ4v) is 3.42. The summed E-state index contributed by atoms with van der Waals surface area (Å²) < 4.78 is 6.72. The lowest BCUT2D eigenvalue weighted by atomic mass is 10.1. The molecule has 0 atom stereocenters. The number of aromatic nitrogens is 2. The lowest BCUT2D eigenvalue weighted by Gasteiger charge is -2.19. The van der Waals surface area contributed by atoms with Crippen LogP contribution in [0.25, 0.3) is 10.2 Å². The van der Waals surface area contributed by atoms with Crippen molar-refractivity contribution in [2.45, 2.75) is 19.8 Å². The highest BCUT2D eigenvalue weighted by molar-refractivity contribution is 7.20. The third-order valence-corrected chi connectivity index (χ3v) is 4.67. The molecule has 0 fully saturated rings. The van der Waals surface area contributed by atoms with Gasteiger partial charge in [-0.15, -0.1) is 11.3 Å². The second kappa shape index (κ2) is 7.10. The molecule has 0 bridgehead atoms. The summed E-state index contributed by atoms with van der Waals surface area (Å²) in [5, 5.41) is 14.4. The molecule has 8 heteroatoms. The molecule has 0 aromatic carbocycles. The zero-order valence-electron chi connectivity index (χ0n) is 13.7. The molecular weight excluding hydrogens is 318 g/mol. The minimum Gasteiger partial charge on any atom is -0.480 e. The first kappa shape index (κ1) is 17.4. The molecule has 0 spiro atoms. The number of carboxylic acids is 1. The summed E-state index contributed by atoms with van der Waals surface area (Å²) in [4.78, 5) is 26.3. The third-order valence-electron chi connectivity index (χ3n) is 3.48. The molecule has 2 aromatic rings. The Bertz CT molecular complexity index is 720. The van der Waals surface area contributed by atoms with Gasteiger partial charge >= 0.3 is 5.97 Å². The van der Waals surface area contributed by atoms with Crippen molar-refractivity contribution in [1.82, 2.24) is 14.7 Å². The lowest BCUT2D eigenvalue weighted by Crippen LogP contribution is -2.37. The fourth-order valence-electron chi connectivity index (χ4n) is 2.37. The van der Waals surface area contributed by atoms with Crippen LogP contribution in [0.3, 0.4) is 0 Å². The number of aliphatic carboxylic acids is 1. The monoisotopic (exact) mass is 339 g/mol. The number of thiophene rings is 1. The Morgan fingerprint density at radius 2 is 2.17 bits per heavy atom. The second-order valence-corrected chi connectivity index (χ2v) is 6.64. The first-order valence-corrected chi connectivity index (χ1v) is 8.13. The average molecular weight is 339 g/mol. The van der Waals surface area contributed by atoms with E-state index in [9.17, 15) is 9.59 Å². The zero-order chi connectivity index (χ0) is 17.1. The number of carbonyl (C=O) groups excluding carboxylic acids is 1. The number of rotatable bonds is 7. The first-order chi connectivity index (χ1) is 10.8. The van der Waals surface area contributed by atoms with Gasteiger partial charge in [0.1, 0.15) is 11.4 Å². The molecular formula is C15H21N3O4S. The Morgan fingerprint density at radius 3 is 2.74 bits per heavy atom. The standard InChI is InChI=1S/C15H21N3O4S/c1-9(2)13-10-7-11(23-15(10)17(3)16-13)14(21)18(5-6-22-4)8-12(19)20/h7,9H,5-6,8H2,1-4H3,(H,19,20). The van der Waals surface area contributed by atoms with Crippen LogP contribution in [0, 0.1) is 0 Å². The first-order valence-electron chi connectivity index (χ1n) is 7.31. The predicted octanol–water partition coefficient (Wildman–Crippen LogP) is 1.93. The van der Waals surface area contributed by atoms with Gasteiger partial charge in [0, 0.05) is 26.1 Å². The Balaban J connectivity index is 2.35. The van der Waals surface area contributed by atoms with Crippen molar-refractivity contribution in [3.05, 3.63) is 16.6 Å². The molecule has 126 valence electrons. The van der Waals surface area contributed by atoms with Crippen LogP contribution in [-0.4, -0.2) is 58.5 Å². The van der Waals surface area contributed by atoms with Crippen LogP contribution >= 0.6 is 11.3 Å². The van der Waals surface area contributed by atoms with Gasteiger partial charge in [-0.3, -0.25) is 14.3 Å². The highest BCUT2D eigenvalue weighted by Crippen LogP contribution is 2.32. The van der Waals surface area contributed by atoms with Gasteiger partial charge in [-0.05, 0) is 12.0 Å². The van der Waals surface area contributed by atoms with Crippen LogP contribution in [0.15, 0.2) is 6.07 Å². The van der Waals surface area contributed by atoms with E-state index >= 15 is 0 Å². The summed E-state index contributed by atoms with van der Waals surface area (Å²) >= 11 is 1.33. The van der Waals surface area contributed by atoms with E-state index in [4.69, 9.17) is 9.84 Å². The lowest BCUT2D eigenvalue weighted by molar-refractivity contribution is -0.137. The van der Waals surface area contributed by atoms with Crippen LogP contribution in [0.4, 0.5) is 0 Å². The molecule has 0 aliphatic carbocycles. The van der Waals surface area contributed by atoms with E-state index in [0.29, 0.717) is 11.5 Å². The number of carboxylic acid groups (broad SMARTS) is 1. The smallest absolute Gasteiger partial charge is 0.323 e. The molecule has 0 aliphatic rings. The van der Waals surface area contributed by atoms with Crippen LogP contribution in [0.1, 0.15) is 35.1 Å². The van der Waals surface area contributed by atoms with Gasteiger partial charge in [0.25, 0.3) is 5.91 Å². The molecule has 0 radical (unpaired) electrons. The minimum absolute atomic E-state index is 0.241. The van der Waals surface area contributed by atoms with E-state index in [2.05, 4.69) is 18.9 Å². The molecule has 2 rings (SSSR count). The summed E-state index contributed by atoms with van der Waals surface area (Å²) in [6.45, 7) is 4.30. The molecule has 0 saturated heterocycles. The predicted molar refractivity (Wildman–Crippen MR) is 88.1 cm³/mol. The topological polar surface area (TPSA) is 84.7 Å². The number of nitrogens with zero attached hydrogens (tertiary/aromatic N) is 3. The molecule has 1 amide bonds. The molecule has 7 nitrogen and oxygen atoms in total. The quantitative estimate of drug-likeness (QED) is 0.833. The molecule has 1 N–H and O–H groups in total. The van der Waals surface area contributed by atoms with Crippen LogP contribution in [0.5, 0.6) is 0 Å². The van der Waals surface area contributed by atoms with Crippen molar-refractivity contribution in [2.24, 2.45) is 7.05 Å². The summed E-state index contributed by atoms with van der Waals surface area (Å²) in [6, 6.07) is 1.81. The Kier molecular flexibility index (Phi) is 5.38. The Labute approximate surface area is 138 Å². The van der Waals surface area contributed by atoms with Gasteiger partial charge in [0.2, 0.25) is 0 Å². The number of aryl methyl sites for hydroxylation is 1. The second-order valence-electron chi connectivity index (χ2n) is 5.61. The Hall–Kier alpha value is -1.93. The van der Waals surface area contributed by atoms with Crippen molar-refractivity contribution >= 4 is 33.4 Å². The van der Waals surface area contributed by atoms with Crippen molar-refractivity contribution in [3.8, 4) is 0 Å². The molecule has 2 aromatic heterocycles. The third kappa shape index (κ3) is 3.70. The number of hydrogen-bond acceptors (Lipinski definition) is 5. The van der Waals surface area contributed by atoms with Gasteiger partial charge in [0.05, 0.1) is 17.2 Å². The minimum atomic E-state index is -1.04. The van der Waals surface area contributed by atoms with E-state index in [1.165, 1.54) is 23.3 Å². The van der Waals surface area contributed by atoms with Gasteiger partial charge in [-0.25, -0.2) is 0 Å². The van der Waals surface area contributed by atoms with E-state index in [-0.39, 0.29) is 24.9 Å². The molecule has 0 saturated carbocycles. The van der Waals surface area contributed by atoms with Crippen LogP contribution < -0.4 is 0 Å². The van der Waals surface area contributed by atoms with Crippen LogP contribution in [0.2, 0.25) is 0 Å². The van der Waals surface area contributed by atoms with Gasteiger partial charge in [-0.2, -0.15) is 5.10 Å². The summed E-state index contributed by atoms with van der Waals surface area (Å²) in [5.74, 6) is -1.08. The van der Waals surface area contributed by atoms with Crippen molar-refractivity contribution in [2.75, 3.05) is 26.8 Å². The highest BCUT2D eigenvalue weighted by atomic mass is 32.1. The number of hydrogen-bond donors (Lipinski definition) is 1. The van der Waals surface area contributed by atoms with Crippen molar-refractivity contribution in [1.29, 1.82) is 0 Å². The maximum Gasteiger partial charge on any atom is 0.323 e. The molecule has 23 heavy (non-hydrogen) atoms. The normalized spacial score (nSPS) is 11.3. The summed E-state index contributed by atoms with van der Waals surface area (Å²) in [6.07, 6.45) is 0. The van der Waals surface area contributed by atoms with E-state index in [1.54, 1.807) is 4.68 Å². The van der Waals surface area contributed by atoms with Gasteiger partial charge in [-0.1, -0.05) is 13.8 Å². The maximum absolute atomic E-state index is 12.6. The van der Waals surface area contributed by atoms with E-state index in [1.807, 2.05) is 13.1 Å². The Morgan fingerprint density at radius 1 is 1.48 bits per heavy atom. The summed E-state index contributed by atoms with van der Waals surface area (Å²) in [7, 11) is 3.36. The largest absolute Gasteiger partial charge is 0.480 e. The number of carbonyl (C=O) groups is 2. The van der Waals surface area contributed by atoms with Gasteiger partial charge in [0.15, 0.2) is 0 Å². The van der Waals surface area contributed by atoms with E-state index in [0.717, 1.165) is 15.9 Å². The SMILES string of the molecule is COCCN(CC(=O)O)C(=O)c1cc2c(C(C)C)nn(C)c2s1. The summed E-state index contributed by atoms with van der Waals surface area (Å²) in [5.41, 5.74) is 0.944. The maximum atomic E-state index is 12.6. The zero-order valence-corrected chi connectivity index (χ0v) is 14.5. The number of amides is 1. The van der Waals surface area contributed by atoms with Crippen LogP contribution in [-0.2, 0) is 16.6 Å². The number of ether oxygens (including phenoxy) is 1. The highest BCUT2D eigenvalue weighted by Gasteiger charge is 2.23. The number of fused-ring (bicyclic) bond motifs is 1. The van der Waals surface area contributed by atoms with E-state index < -0.39 is 5.97 Å². The number of methoxy groups -OCH3 is 1.